The van der Waals surface area contributed by atoms with Gasteiger partial charge in [0.15, 0.2) is 0 Å². The molecule has 1 unspecified atom stereocenters. The molecule has 4 heteroatoms. The van der Waals surface area contributed by atoms with Crippen molar-refractivity contribution in [2.45, 2.75) is 32.8 Å². The highest BCUT2D eigenvalue weighted by Gasteiger charge is 2.25. The SMILES string of the molecule is COc1ccc2cc(C(C)C(=O)[C@H](C)[C@@H](C)O)ccc2c1Br. The fourth-order valence-corrected chi connectivity index (χ4v) is 3.17. The van der Waals surface area contributed by atoms with Crippen molar-refractivity contribution >= 4 is 32.5 Å². The lowest BCUT2D eigenvalue weighted by Gasteiger charge is -2.19. The van der Waals surface area contributed by atoms with E-state index in [1.807, 2.05) is 37.3 Å². The van der Waals surface area contributed by atoms with Crippen LogP contribution in [0.1, 0.15) is 32.3 Å². The molecule has 22 heavy (non-hydrogen) atoms. The van der Waals surface area contributed by atoms with Gasteiger partial charge in [0.25, 0.3) is 0 Å². The quantitative estimate of drug-likeness (QED) is 0.859. The maximum Gasteiger partial charge on any atom is 0.145 e. The van der Waals surface area contributed by atoms with E-state index >= 15 is 0 Å². The summed E-state index contributed by atoms with van der Waals surface area (Å²) in [6.45, 7) is 5.31. The summed E-state index contributed by atoms with van der Waals surface area (Å²) in [6, 6.07) is 9.87. The molecule has 0 fully saturated rings. The molecule has 1 N–H and O–H groups in total. The maximum atomic E-state index is 12.4. The number of benzene rings is 2. The molecule has 2 aromatic rings. The van der Waals surface area contributed by atoms with E-state index in [1.54, 1.807) is 21.0 Å². The Labute approximate surface area is 139 Å². The highest BCUT2D eigenvalue weighted by Crippen LogP contribution is 2.34. The van der Waals surface area contributed by atoms with Gasteiger partial charge in [-0.1, -0.05) is 38.1 Å². The van der Waals surface area contributed by atoms with Crippen molar-refractivity contribution < 1.29 is 14.6 Å². The van der Waals surface area contributed by atoms with E-state index in [4.69, 9.17) is 4.74 Å². The Bertz CT molecular complexity index is 694. The number of rotatable bonds is 5. The molecule has 0 aliphatic rings. The number of ether oxygens (including phenoxy) is 1. The lowest BCUT2D eigenvalue weighted by molar-refractivity contribution is -0.126. The van der Waals surface area contributed by atoms with E-state index < -0.39 is 6.10 Å². The van der Waals surface area contributed by atoms with Crippen molar-refractivity contribution in [3.8, 4) is 5.75 Å². The molecule has 0 bridgehead atoms. The van der Waals surface area contributed by atoms with E-state index in [0.29, 0.717) is 0 Å². The van der Waals surface area contributed by atoms with Gasteiger partial charge >= 0.3 is 0 Å². The van der Waals surface area contributed by atoms with Crippen molar-refractivity contribution in [2.75, 3.05) is 7.11 Å². The molecule has 0 aliphatic carbocycles. The van der Waals surface area contributed by atoms with E-state index in [9.17, 15) is 9.90 Å². The molecule has 0 heterocycles. The fourth-order valence-electron chi connectivity index (χ4n) is 2.51. The fraction of sp³-hybridized carbons (Fsp3) is 0.389. The Kier molecular flexibility index (Phi) is 5.24. The van der Waals surface area contributed by atoms with Gasteiger partial charge < -0.3 is 9.84 Å². The Hall–Kier alpha value is -1.39. The van der Waals surface area contributed by atoms with E-state index in [-0.39, 0.29) is 17.6 Å². The van der Waals surface area contributed by atoms with Crippen LogP contribution >= 0.6 is 15.9 Å². The number of carbonyl (C=O) groups excluding carboxylic acids is 1. The smallest absolute Gasteiger partial charge is 0.145 e. The van der Waals surface area contributed by atoms with Gasteiger partial charge in [-0.2, -0.15) is 0 Å². The average Bonchev–Trinajstić information content (AvgIpc) is 2.52. The largest absolute Gasteiger partial charge is 0.496 e. The van der Waals surface area contributed by atoms with Crippen LogP contribution < -0.4 is 4.74 Å². The average molecular weight is 365 g/mol. The minimum absolute atomic E-state index is 0.0573. The number of fused-ring (bicyclic) bond motifs is 1. The summed E-state index contributed by atoms with van der Waals surface area (Å²) in [5.74, 6) is 0.234. The van der Waals surface area contributed by atoms with Gasteiger partial charge in [-0.15, -0.1) is 0 Å². The normalized spacial score (nSPS) is 15.4. The van der Waals surface area contributed by atoms with Crippen LogP contribution in [0.3, 0.4) is 0 Å². The summed E-state index contributed by atoms with van der Waals surface area (Å²) in [5.41, 5.74) is 0.960. The van der Waals surface area contributed by atoms with Gasteiger partial charge in [-0.3, -0.25) is 4.79 Å². The maximum absolute atomic E-state index is 12.4. The highest BCUT2D eigenvalue weighted by molar-refractivity contribution is 9.10. The van der Waals surface area contributed by atoms with E-state index in [1.165, 1.54) is 0 Å². The summed E-state index contributed by atoms with van der Waals surface area (Å²) in [6.07, 6.45) is -0.631. The second kappa shape index (κ2) is 6.80. The van der Waals surface area contributed by atoms with Gasteiger partial charge in [-0.25, -0.2) is 0 Å². The molecule has 0 amide bonds. The van der Waals surface area contributed by atoms with Crippen molar-refractivity contribution in [3.63, 3.8) is 0 Å². The third kappa shape index (κ3) is 3.18. The molecule has 0 aliphatic heterocycles. The van der Waals surface area contributed by atoms with Gasteiger partial charge in [0, 0.05) is 11.8 Å². The number of aliphatic hydroxyl groups is 1. The zero-order valence-electron chi connectivity index (χ0n) is 13.3. The minimum Gasteiger partial charge on any atom is -0.496 e. The molecule has 3 atom stereocenters. The second-order valence-electron chi connectivity index (χ2n) is 5.72. The molecule has 0 saturated carbocycles. The Morgan fingerprint density at radius 1 is 1.18 bits per heavy atom. The van der Waals surface area contributed by atoms with Crippen LogP contribution in [0, 0.1) is 5.92 Å². The molecular weight excluding hydrogens is 344 g/mol. The lowest BCUT2D eigenvalue weighted by Crippen LogP contribution is -2.26. The minimum atomic E-state index is -0.631. The first-order chi connectivity index (χ1) is 10.4. The predicted molar refractivity (Wildman–Crippen MR) is 92.5 cm³/mol. The molecule has 0 spiro atoms. The Balaban J connectivity index is 2.39. The third-order valence-electron chi connectivity index (χ3n) is 4.26. The first-order valence-corrected chi connectivity index (χ1v) is 8.14. The summed E-state index contributed by atoms with van der Waals surface area (Å²) in [4.78, 5) is 12.4. The van der Waals surface area contributed by atoms with Crippen LogP contribution in [0.15, 0.2) is 34.8 Å². The summed E-state index contributed by atoms with van der Waals surface area (Å²) >= 11 is 3.55. The van der Waals surface area contributed by atoms with Crippen molar-refractivity contribution in [1.29, 1.82) is 0 Å². The molecule has 2 aromatic carbocycles. The van der Waals surface area contributed by atoms with Crippen molar-refractivity contribution in [2.24, 2.45) is 5.92 Å². The molecule has 0 aromatic heterocycles. The first-order valence-electron chi connectivity index (χ1n) is 7.34. The molecular formula is C18H21BrO3. The second-order valence-corrected chi connectivity index (χ2v) is 6.51. The van der Waals surface area contributed by atoms with Crippen LogP contribution in [0.25, 0.3) is 10.8 Å². The molecule has 0 saturated heterocycles. The van der Waals surface area contributed by atoms with E-state index in [0.717, 1.165) is 26.6 Å². The van der Waals surface area contributed by atoms with Gasteiger partial charge in [0.05, 0.1) is 17.7 Å². The van der Waals surface area contributed by atoms with Crippen molar-refractivity contribution in [1.82, 2.24) is 0 Å². The first kappa shape index (κ1) is 17.0. The Morgan fingerprint density at radius 3 is 2.45 bits per heavy atom. The number of methoxy groups -OCH3 is 1. The molecule has 118 valence electrons. The van der Waals surface area contributed by atoms with Gasteiger partial charge in [-0.05, 0) is 45.3 Å². The molecule has 2 rings (SSSR count). The number of Topliss-reactive ketones (excluding diaryl/α,β-unsaturated/α-hetero) is 1. The predicted octanol–water partition coefficient (Wildman–Crippen LogP) is 4.30. The van der Waals surface area contributed by atoms with Gasteiger partial charge in [0.2, 0.25) is 0 Å². The van der Waals surface area contributed by atoms with Crippen LogP contribution in [-0.4, -0.2) is 24.1 Å². The van der Waals surface area contributed by atoms with Crippen LogP contribution in [0.5, 0.6) is 5.75 Å². The zero-order valence-corrected chi connectivity index (χ0v) is 14.8. The van der Waals surface area contributed by atoms with Crippen LogP contribution in [-0.2, 0) is 4.79 Å². The number of halogens is 1. The number of carbonyl (C=O) groups is 1. The summed E-state index contributed by atoms with van der Waals surface area (Å²) in [5, 5.41) is 11.7. The third-order valence-corrected chi connectivity index (χ3v) is 5.08. The standard InChI is InChI=1S/C18H21BrO3/c1-10(12(3)20)18(21)11(2)13-5-7-15-14(9-13)6-8-16(22-4)17(15)19/h5-12,20H,1-4H3/t10-,11?,12-/m1/s1. The summed E-state index contributed by atoms with van der Waals surface area (Å²) < 4.78 is 6.21. The lowest BCUT2D eigenvalue weighted by atomic mass is 9.86. The van der Waals surface area contributed by atoms with E-state index in [2.05, 4.69) is 15.9 Å². The topological polar surface area (TPSA) is 46.5 Å². The molecule has 0 radical (unpaired) electrons. The number of hydrogen-bond donors (Lipinski definition) is 1. The zero-order chi connectivity index (χ0) is 16.4. The number of hydrogen-bond acceptors (Lipinski definition) is 3. The van der Waals surface area contributed by atoms with Gasteiger partial charge in [0.1, 0.15) is 11.5 Å². The summed E-state index contributed by atoms with van der Waals surface area (Å²) in [7, 11) is 1.64. The molecule has 3 nitrogen and oxygen atoms in total. The highest BCUT2D eigenvalue weighted by atomic mass is 79.9. The van der Waals surface area contributed by atoms with Crippen LogP contribution in [0.4, 0.5) is 0 Å². The Morgan fingerprint density at radius 2 is 1.86 bits per heavy atom. The monoisotopic (exact) mass is 364 g/mol. The number of aliphatic hydroxyl groups excluding tert-OH is 1. The van der Waals surface area contributed by atoms with Crippen molar-refractivity contribution in [3.05, 3.63) is 40.4 Å². The number of ketones is 1. The van der Waals surface area contributed by atoms with Crippen LogP contribution in [0.2, 0.25) is 0 Å².